The van der Waals surface area contributed by atoms with Crippen LogP contribution in [0.25, 0.3) is 0 Å². The van der Waals surface area contributed by atoms with Gasteiger partial charge in [0.05, 0.1) is 12.7 Å². The van der Waals surface area contributed by atoms with Crippen LogP contribution in [0.4, 0.5) is 11.9 Å². The summed E-state index contributed by atoms with van der Waals surface area (Å²) in [6.45, 7) is 3.17. The van der Waals surface area contributed by atoms with Crippen LogP contribution in [0.5, 0.6) is 6.01 Å². The monoisotopic (exact) mass is 253 g/mol. The fourth-order valence-corrected chi connectivity index (χ4v) is 2.08. The van der Waals surface area contributed by atoms with Gasteiger partial charge in [0.1, 0.15) is 0 Å². The number of hydrogen-bond acceptors (Lipinski definition) is 7. The fraction of sp³-hybridized carbons (Fsp3) is 0.727. The third kappa shape index (κ3) is 2.79. The van der Waals surface area contributed by atoms with Gasteiger partial charge in [0.25, 0.3) is 0 Å². The predicted molar refractivity (Wildman–Crippen MR) is 68.0 cm³/mol. The summed E-state index contributed by atoms with van der Waals surface area (Å²) in [5, 5.41) is 13.0. The number of hydrogen-bond donors (Lipinski definition) is 2. The van der Waals surface area contributed by atoms with Crippen molar-refractivity contribution >= 4 is 11.9 Å². The molecule has 7 nitrogen and oxygen atoms in total. The van der Waals surface area contributed by atoms with Crippen LogP contribution in [0.3, 0.4) is 0 Å². The van der Waals surface area contributed by atoms with Gasteiger partial charge in [0.15, 0.2) is 0 Å². The van der Waals surface area contributed by atoms with E-state index < -0.39 is 5.60 Å². The van der Waals surface area contributed by atoms with Crippen LogP contribution in [0, 0.1) is 0 Å². The van der Waals surface area contributed by atoms with E-state index in [9.17, 15) is 5.11 Å². The molecule has 18 heavy (non-hydrogen) atoms. The van der Waals surface area contributed by atoms with Gasteiger partial charge in [0, 0.05) is 20.1 Å². The zero-order chi connectivity index (χ0) is 13.2. The molecule has 0 spiro atoms. The Morgan fingerprint density at radius 3 is 2.78 bits per heavy atom. The molecule has 1 atom stereocenters. The molecule has 1 aromatic heterocycles. The highest BCUT2D eigenvalue weighted by atomic mass is 16.5. The molecule has 0 bridgehead atoms. The fourth-order valence-electron chi connectivity index (χ4n) is 2.08. The second-order valence-corrected chi connectivity index (χ2v) is 4.72. The van der Waals surface area contributed by atoms with Crippen molar-refractivity contribution in [1.82, 2.24) is 15.0 Å². The summed E-state index contributed by atoms with van der Waals surface area (Å²) in [5.74, 6) is 0.994. The highest BCUT2D eigenvalue weighted by Gasteiger charge is 2.30. The topological polar surface area (TPSA) is 83.4 Å². The highest BCUT2D eigenvalue weighted by molar-refractivity contribution is 5.39. The Bertz CT molecular complexity index is 402. The number of methoxy groups -OCH3 is 1. The maximum atomic E-state index is 10.1. The van der Waals surface area contributed by atoms with Gasteiger partial charge in [-0.2, -0.15) is 15.0 Å². The van der Waals surface area contributed by atoms with Crippen molar-refractivity contribution in [1.29, 1.82) is 0 Å². The van der Waals surface area contributed by atoms with Crippen molar-refractivity contribution in [2.45, 2.75) is 25.4 Å². The van der Waals surface area contributed by atoms with Crippen LogP contribution >= 0.6 is 0 Å². The summed E-state index contributed by atoms with van der Waals surface area (Å²) in [6.07, 6.45) is 1.71. The second kappa shape index (κ2) is 4.93. The van der Waals surface area contributed by atoms with E-state index in [1.54, 1.807) is 7.05 Å². The summed E-state index contributed by atoms with van der Waals surface area (Å²) in [4.78, 5) is 14.5. The van der Waals surface area contributed by atoms with E-state index in [1.165, 1.54) is 7.11 Å². The van der Waals surface area contributed by atoms with Crippen molar-refractivity contribution in [2.24, 2.45) is 0 Å². The van der Waals surface area contributed by atoms with Crippen LogP contribution < -0.4 is 15.0 Å². The predicted octanol–water partition coefficient (Wildman–Crippen LogP) is 0.273. The molecular formula is C11H19N5O2. The zero-order valence-electron chi connectivity index (χ0n) is 11.0. The summed E-state index contributed by atoms with van der Waals surface area (Å²) < 4.78 is 5.05. The minimum absolute atomic E-state index is 0.273. The van der Waals surface area contributed by atoms with E-state index in [1.807, 2.05) is 11.8 Å². The number of β-amino-alcohol motifs (C(OH)–C–C–N with tert-alkyl or cyclic N) is 1. The minimum Gasteiger partial charge on any atom is -0.467 e. The van der Waals surface area contributed by atoms with Gasteiger partial charge in [-0.15, -0.1) is 0 Å². The lowest BCUT2D eigenvalue weighted by atomic mass is 9.95. The number of piperidine rings is 1. The number of anilines is 2. The molecule has 100 valence electrons. The van der Waals surface area contributed by atoms with Gasteiger partial charge < -0.3 is 20.1 Å². The van der Waals surface area contributed by atoms with E-state index >= 15 is 0 Å². The van der Waals surface area contributed by atoms with Crippen molar-refractivity contribution in [3.63, 3.8) is 0 Å². The van der Waals surface area contributed by atoms with E-state index in [0.717, 1.165) is 19.4 Å². The zero-order valence-corrected chi connectivity index (χ0v) is 11.0. The summed E-state index contributed by atoms with van der Waals surface area (Å²) >= 11 is 0. The lowest BCUT2D eigenvalue weighted by molar-refractivity contribution is 0.0444. The number of nitrogens with zero attached hydrogens (tertiary/aromatic N) is 4. The number of aliphatic hydroxyl groups is 1. The third-order valence-corrected chi connectivity index (χ3v) is 2.97. The first kappa shape index (κ1) is 12.8. The summed E-state index contributed by atoms with van der Waals surface area (Å²) in [5.41, 5.74) is -0.697. The highest BCUT2D eigenvalue weighted by Crippen LogP contribution is 2.24. The largest absolute Gasteiger partial charge is 0.467 e. The average Bonchev–Trinajstić information content (AvgIpc) is 2.37. The van der Waals surface area contributed by atoms with Gasteiger partial charge in [-0.3, -0.25) is 0 Å². The summed E-state index contributed by atoms with van der Waals surface area (Å²) in [7, 11) is 3.26. The standard InChI is InChI=1S/C11H19N5O2/c1-11(17)5-4-6-16(7-11)9-13-8(12-2)14-10(15-9)18-3/h17H,4-7H2,1-3H3,(H,12,13,14,15). The quantitative estimate of drug-likeness (QED) is 0.800. The number of ether oxygens (including phenoxy) is 1. The van der Waals surface area contributed by atoms with Crippen molar-refractivity contribution in [2.75, 3.05) is 37.5 Å². The van der Waals surface area contributed by atoms with Crippen molar-refractivity contribution in [3.8, 4) is 6.01 Å². The Morgan fingerprint density at radius 2 is 2.17 bits per heavy atom. The average molecular weight is 253 g/mol. The van der Waals surface area contributed by atoms with Crippen LogP contribution in [-0.4, -0.2) is 52.9 Å². The smallest absolute Gasteiger partial charge is 0.322 e. The number of aromatic nitrogens is 3. The van der Waals surface area contributed by atoms with Crippen molar-refractivity contribution < 1.29 is 9.84 Å². The van der Waals surface area contributed by atoms with Gasteiger partial charge in [-0.1, -0.05) is 0 Å². The molecule has 0 saturated carbocycles. The SMILES string of the molecule is CNc1nc(OC)nc(N2CCCC(C)(O)C2)n1. The summed E-state index contributed by atoms with van der Waals surface area (Å²) in [6, 6.07) is 0.273. The molecule has 1 aliphatic rings. The number of nitrogens with one attached hydrogen (secondary N) is 1. The second-order valence-electron chi connectivity index (χ2n) is 4.72. The first-order valence-electron chi connectivity index (χ1n) is 5.99. The molecule has 1 unspecified atom stereocenters. The molecule has 0 aliphatic carbocycles. The minimum atomic E-state index is -0.697. The Hall–Kier alpha value is -1.63. The van der Waals surface area contributed by atoms with Crippen LogP contribution in [-0.2, 0) is 0 Å². The molecule has 1 aliphatic heterocycles. The Balaban J connectivity index is 2.26. The maximum absolute atomic E-state index is 10.1. The van der Waals surface area contributed by atoms with E-state index in [0.29, 0.717) is 18.4 Å². The van der Waals surface area contributed by atoms with Gasteiger partial charge in [-0.05, 0) is 19.8 Å². The Morgan fingerprint density at radius 1 is 1.39 bits per heavy atom. The molecule has 0 radical (unpaired) electrons. The molecule has 7 heteroatoms. The van der Waals surface area contributed by atoms with Gasteiger partial charge in [0.2, 0.25) is 11.9 Å². The Labute approximate surface area is 106 Å². The molecule has 0 amide bonds. The van der Waals surface area contributed by atoms with E-state index in [-0.39, 0.29) is 6.01 Å². The van der Waals surface area contributed by atoms with E-state index in [4.69, 9.17) is 4.74 Å². The van der Waals surface area contributed by atoms with E-state index in [2.05, 4.69) is 20.3 Å². The number of rotatable bonds is 3. The molecule has 0 aromatic carbocycles. The maximum Gasteiger partial charge on any atom is 0.322 e. The van der Waals surface area contributed by atoms with Crippen LogP contribution in [0.2, 0.25) is 0 Å². The van der Waals surface area contributed by atoms with Crippen LogP contribution in [0.15, 0.2) is 0 Å². The first-order chi connectivity index (χ1) is 8.54. The molecule has 1 aromatic rings. The molecular weight excluding hydrogens is 234 g/mol. The molecule has 2 rings (SSSR count). The lowest BCUT2D eigenvalue weighted by Crippen LogP contribution is -2.46. The van der Waals surface area contributed by atoms with Crippen LogP contribution in [0.1, 0.15) is 19.8 Å². The normalized spacial score (nSPS) is 23.9. The molecule has 1 fully saturated rings. The van der Waals surface area contributed by atoms with Gasteiger partial charge in [-0.25, -0.2) is 0 Å². The molecule has 2 N–H and O–H groups in total. The third-order valence-electron chi connectivity index (χ3n) is 2.97. The molecule has 2 heterocycles. The van der Waals surface area contributed by atoms with Crippen molar-refractivity contribution in [3.05, 3.63) is 0 Å². The van der Waals surface area contributed by atoms with Gasteiger partial charge >= 0.3 is 6.01 Å². The first-order valence-corrected chi connectivity index (χ1v) is 5.99. The lowest BCUT2D eigenvalue weighted by Gasteiger charge is -2.36. The Kier molecular flexibility index (Phi) is 3.51. The molecule has 1 saturated heterocycles.